The average molecular weight is 417 g/mol. The number of amides is 2. The highest BCUT2D eigenvalue weighted by molar-refractivity contribution is 6.01. The molecule has 1 aromatic heterocycles. The lowest BCUT2D eigenvalue weighted by molar-refractivity contribution is -0.170. The number of alkyl halides is 3. The van der Waals surface area contributed by atoms with Crippen LogP contribution >= 0.6 is 0 Å². The SMILES string of the molecule is O=C1NCc2cc(N(Cc3ccc(C4CCCCC4)cn3)C(=O)C(F)(F)F)ccc21. The van der Waals surface area contributed by atoms with Crippen molar-refractivity contribution >= 4 is 17.5 Å². The molecule has 2 heterocycles. The van der Waals surface area contributed by atoms with Gasteiger partial charge in [-0.3, -0.25) is 19.5 Å². The number of nitrogens with one attached hydrogen (secondary N) is 1. The highest BCUT2D eigenvalue weighted by Gasteiger charge is 2.43. The van der Waals surface area contributed by atoms with E-state index in [0.29, 0.717) is 27.6 Å². The van der Waals surface area contributed by atoms with Crippen LogP contribution in [0.5, 0.6) is 0 Å². The van der Waals surface area contributed by atoms with Crippen molar-refractivity contribution in [3.8, 4) is 0 Å². The molecule has 1 aliphatic carbocycles. The van der Waals surface area contributed by atoms with Crippen molar-refractivity contribution in [3.63, 3.8) is 0 Å². The Kier molecular flexibility index (Phi) is 5.49. The Labute approximate surface area is 172 Å². The van der Waals surface area contributed by atoms with E-state index < -0.39 is 12.1 Å². The molecule has 8 heteroatoms. The molecule has 4 rings (SSSR count). The molecule has 158 valence electrons. The molecule has 0 bridgehead atoms. The monoisotopic (exact) mass is 417 g/mol. The molecule has 1 fully saturated rings. The van der Waals surface area contributed by atoms with Crippen LogP contribution in [-0.2, 0) is 17.9 Å². The Morgan fingerprint density at radius 3 is 2.57 bits per heavy atom. The van der Waals surface area contributed by atoms with Gasteiger partial charge in [0.1, 0.15) is 0 Å². The predicted octanol–water partition coefficient (Wildman–Crippen LogP) is 4.47. The fraction of sp³-hybridized carbons (Fsp3) is 0.409. The fourth-order valence-corrected chi connectivity index (χ4v) is 4.19. The minimum absolute atomic E-state index is 0.0886. The van der Waals surface area contributed by atoms with Gasteiger partial charge in [-0.05, 0) is 54.2 Å². The highest BCUT2D eigenvalue weighted by Crippen LogP contribution is 2.33. The molecule has 0 saturated heterocycles. The molecule has 2 aliphatic rings. The van der Waals surface area contributed by atoms with E-state index in [-0.39, 0.29) is 24.7 Å². The summed E-state index contributed by atoms with van der Waals surface area (Å²) in [6.45, 7) is -0.0756. The van der Waals surface area contributed by atoms with Gasteiger partial charge in [0.2, 0.25) is 0 Å². The number of fused-ring (bicyclic) bond motifs is 1. The van der Waals surface area contributed by atoms with Crippen LogP contribution in [-0.4, -0.2) is 23.0 Å². The first-order chi connectivity index (χ1) is 14.3. The first-order valence-corrected chi connectivity index (χ1v) is 10.1. The summed E-state index contributed by atoms with van der Waals surface area (Å²) in [6.07, 6.45) is 2.48. The highest BCUT2D eigenvalue weighted by atomic mass is 19.4. The average Bonchev–Trinajstić information content (AvgIpc) is 3.12. The second kappa shape index (κ2) is 8.08. The van der Waals surface area contributed by atoms with Crippen molar-refractivity contribution in [1.29, 1.82) is 0 Å². The van der Waals surface area contributed by atoms with Crippen LogP contribution in [0.1, 0.15) is 65.2 Å². The second-order valence-electron chi connectivity index (χ2n) is 7.83. The maximum Gasteiger partial charge on any atom is 0.471 e. The van der Waals surface area contributed by atoms with Gasteiger partial charge in [0, 0.05) is 24.0 Å². The number of hydrogen-bond donors (Lipinski definition) is 1. The summed E-state index contributed by atoms with van der Waals surface area (Å²) in [6, 6.07) is 7.86. The van der Waals surface area contributed by atoms with E-state index in [1.165, 1.54) is 37.5 Å². The van der Waals surface area contributed by atoms with Crippen molar-refractivity contribution in [1.82, 2.24) is 10.3 Å². The molecule has 0 atom stereocenters. The zero-order valence-electron chi connectivity index (χ0n) is 16.3. The normalized spacial score (nSPS) is 16.8. The minimum atomic E-state index is -5.02. The van der Waals surface area contributed by atoms with Crippen molar-refractivity contribution in [3.05, 3.63) is 58.9 Å². The number of nitrogens with zero attached hydrogens (tertiary/aromatic N) is 2. The van der Waals surface area contributed by atoms with Gasteiger partial charge in [0.05, 0.1) is 12.2 Å². The summed E-state index contributed by atoms with van der Waals surface area (Å²) in [5.41, 5.74) is 2.54. The van der Waals surface area contributed by atoms with E-state index in [1.807, 2.05) is 6.07 Å². The van der Waals surface area contributed by atoms with Gasteiger partial charge in [0.25, 0.3) is 5.91 Å². The van der Waals surface area contributed by atoms with Gasteiger partial charge in [-0.25, -0.2) is 0 Å². The third-order valence-corrected chi connectivity index (χ3v) is 5.82. The molecule has 1 saturated carbocycles. The third-order valence-electron chi connectivity index (χ3n) is 5.82. The number of rotatable bonds is 4. The summed E-state index contributed by atoms with van der Waals surface area (Å²) < 4.78 is 39.8. The molecule has 5 nitrogen and oxygen atoms in total. The lowest BCUT2D eigenvalue weighted by Crippen LogP contribution is -2.41. The molecule has 30 heavy (non-hydrogen) atoms. The maximum atomic E-state index is 13.3. The van der Waals surface area contributed by atoms with Crippen molar-refractivity contribution in [2.24, 2.45) is 0 Å². The van der Waals surface area contributed by atoms with E-state index in [0.717, 1.165) is 18.4 Å². The van der Waals surface area contributed by atoms with E-state index >= 15 is 0 Å². The molecule has 2 amide bonds. The van der Waals surface area contributed by atoms with Crippen molar-refractivity contribution in [2.45, 2.75) is 57.3 Å². The van der Waals surface area contributed by atoms with Crippen LogP contribution in [0.2, 0.25) is 0 Å². The fourth-order valence-electron chi connectivity index (χ4n) is 4.19. The number of hydrogen-bond acceptors (Lipinski definition) is 3. The van der Waals surface area contributed by atoms with Crippen LogP contribution in [0.15, 0.2) is 36.5 Å². The molecule has 2 aromatic rings. The Morgan fingerprint density at radius 2 is 1.90 bits per heavy atom. The summed E-state index contributed by atoms with van der Waals surface area (Å²) in [5, 5.41) is 2.62. The number of carbonyl (C=O) groups is 2. The van der Waals surface area contributed by atoms with Crippen LogP contribution < -0.4 is 10.2 Å². The molecule has 1 aliphatic heterocycles. The number of aromatic nitrogens is 1. The predicted molar refractivity (Wildman–Crippen MR) is 105 cm³/mol. The van der Waals surface area contributed by atoms with Gasteiger partial charge in [0.15, 0.2) is 0 Å². The van der Waals surface area contributed by atoms with E-state index in [4.69, 9.17) is 0 Å². The van der Waals surface area contributed by atoms with Crippen LogP contribution in [0.25, 0.3) is 0 Å². The van der Waals surface area contributed by atoms with Crippen LogP contribution in [0, 0.1) is 0 Å². The number of anilines is 1. The lowest BCUT2D eigenvalue weighted by atomic mass is 9.85. The Bertz CT molecular complexity index is 951. The number of carbonyl (C=O) groups excluding carboxylic acids is 2. The molecule has 1 aromatic carbocycles. The van der Waals surface area contributed by atoms with Gasteiger partial charge in [-0.1, -0.05) is 25.3 Å². The number of halogens is 3. The van der Waals surface area contributed by atoms with Gasteiger partial charge in [-0.15, -0.1) is 0 Å². The van der Waals surface area contributed by atoms with E-state index in [1.54, 1.807) is 12.3 Å². The maximum absolute atomic E-state index is 13.3. The number of pyridine rings is 1. The zero-order valence-corrected chi connectivity index (χ0v) is 16.3. The Hall–Kier alpha value is -2.90. The van der Waals surface area contributed by atoms with Crippen LogP contribution in [0.3, 0.4) is 0 Å². The third kappa shape index (κ3) is 4.17. The summed E-state index contributed by atoms with van der Waals surface area (Å²) in [4.78, 5) is 28.9. The van der Waals surface area contributed by atoms with Crippen LogP contribution in [0.4, 0.5) is 18.9 Å². The van der Waals surface area contributed by atoms with Gasteiger partial charge >= 0.3 is 12.1 Å². The minimum Gasteiger partial charge on any atom is -0.348 e. The molecule has 0 radical (unpaired) electrons. The Morgan fingerprint density at radius 1 is 1.13 bits per heavy atom. The number of benzene rings is 1. The standard InChI is InChI=1S/C22H22F3N3O2/c23-22(24,25)21(30)28(18-8-9-19-16(10-18)12-27-20(19)29)13-17-7-6-15(11-26-17)14-4-2-1-3-5-14/h6-11,14H,1-5,12-13H2,(H,27,29). The topological polar surface area (TPSA) is 62.3 Å². The summed E-state index contributed by atoms with van der Waals surface area (Å²) >= 11 is 0. The van der Waals surface area contributed by atoms with Gasteiger partial charge < -0.3 is 5.32 Å². The second-order valence-corrected chi connectivity index (χ2v) is 7.83. The first kappa shape index (κ1) is 20.4. The van der Waals surface area contributed by atoms with Gasteiger partial charge in [-0.2, -0.15) is 13.2 Å². The first-order valence-electron chi connectivity index (χ1n) is 10.1. The molecular formula is C22H22F3N3O2. The zero-order chi connectivity index (χ0) is 21.3. The van der Waals surface area contributed by atoms with E-state index in [2.05, 4.69) is 10.3 Å². The summed E-state index contributed by atoms with van der Waals surface area (Å²) in [5.74, 6) is -1.79. The molecule has 1 N–H and O–H groups in total. The summed E-state index contributed by atoms with van der Waals surface area (Å²) in [7, 11) is 0. The molecular weight excluding hydrogens is 395 g/mol. The Balaban J connectivity index is 1.59. The largest absolute Gasteiger partial charge is 0.471 e. The smallest absolute Gasteiger partial charge is 0.348 e. The van der Waals surface area contributed by atoms with Crippen molar-refractivity contribution < 1.29 is 22.8 Å². The lowest BCUT2D eigenvalue weighted by Gasteiger charge is -2.25. The molecule has 0 unspecified atom stereocenters. The van der Waals surface area contributed by atoms with Crippen molar-refractivity contribution in [2.75, 3.05) is 4.90 Å². The molecule has 0 spiro atoms. The quantitative estimate of drug-likeness (QED) is 0.799. The van der Waals surface area contributed by atoms with E-state index in [9.17, 15) is 22.8 Å².